The first-order valence-electron chi connectivity index (χ1n) is 9.02. The van der Waals surface area contributed by atoms with Gasteiger partial charge in [-0.3, -0.25) is 0 Å². The molecular formula is C22H19NO2S. The van der Waals surface area contributed by atoms with Gasteiger partial charge in [0.15, 0.2) is 0 Å². The number of rotatable bonds is 2. The van der Waals surface area contributed by atoms with E-state index in [0.717, 1.165) is 34.6 Å². The van der Waals surface area contributed by atoms with E-state index in [4.69, 9.17) is 0 Å². The van der Waals surface area contributed by atoms with Gasteiger partial charge in [0.2, 0.25) is 0 Å². The van der Waals surface area contributed by atoms with Crippen LogP contribution in [0.5, 0.6) is 0 Å². The largest absolute Gasteiger partial charge is 0.268 e. The van der Waals surface area contributed by atoms with Crippen molar-refractivity contribution in [2.45, 2.75) is 30.6 Å². The Balaban J connectivity index is 1.92. The summed E-state index contributed by atoms with van der Waals surface area (Å²) in [5, 5.41) is 2.02. The van der Waals surface area contributed by atoms with Gasteiger partial charge < -0.3 is 0 Å². The zero-order chi connectivity index (χ0) is 17.7. The molecule has 1 aliphatic rings. The first kappa shape index (κ1) is 15.6. The summed E-state index contributed by atoms with van der Waals surface area (Å²) in [4.78, 5) is 0.320. The number of benzene rings is 3. The predicted octanol–water partition coefficient (Wildman–Crippen LogP) is 4.91. The standard InChI is InChI=1S/C22H19NO2S/c24-26(25,18-10-2-1-3-11-18)23-21-13-7-6-12-19(21)20-14-16-8-4-5-9-17(16)15-22(20)23/h1-3,6-7,10-15H,4-5,8-9H2. The SMILES string of the molecule is O=S(=O)(c1ccccc1)n1c2ccccc2c2cc3c(cc21)CCCC3. The molecule has 5 rings (SSSR count). The molecule has 0 spiro atoms. The summed E-state index contributed by atoms with van der Waals surface area (Å²) in [6, 6.07) is 20.8. The van der Waals surface area contributed by atoms with Crippen molar-refractivity contribution in [1.82, 2.24) is 3.97 Å². The van der Waals surface area contributed by atoms with Gasteiger partial charge in [-0.2, -0.15) is 0 Å². The van der Waals surface area contributed by atoms with Gasteiger partial charge in [-0.15, -0.1) is 0 Å². The molecule has 1 aliphatic carbocycles. The molecule has 0 unspecified atom stereocenters. The van der Waals surface area contributed by atoms with Crippen LogP contribution >= 0.6 is 0 Å². The molecule has 0 amide bonds. The van der Waals surface area contributed by atoms with Crippen molar-refractivity contribution in [3.8, 4) is 0 Å². The first-order valence-corrected chi connectivity index (χ1v) is 10.5. The summed E-state index contributed by atoms with van der Waals surface area (Å²) < 4.78 is 28.4. The average molecular weight is 361 g/mol. The molecule has 0 bridgehead atoms. The monoisotopic (exact) mass is 361 g/mol. The van der Waals surface area contributed by atoms with Gasteiger partial charge in [-0.05, 0) is 67.1 Å². The molecule has 0 aliphatic heterocycles. The average Bonchev–Trinajstić information content (AvgIpc) is 3.01. The van der Waals surface area contributed by atoms with E-state index in [-0.39, 0.29) is 0 Å². The molecule has 0 fully saturated rings. The van der Waals surface area contributed by atoms with Gasteiger partial charge in [-0.25, -0.2) is 12.4 Å². The molecule has 3 nitrogen and oxygen atoms in total. The van der Waals surface area contributed by atoms with Crippen LogP contribution in [0, 0.1) is 0 Å². The Bertz CT molecular complexity index is 1240. The Morgan fingerprint density at radius 2 is 1.35 bits per heavy atom. The number of hydrogen-bond donors (Lipinski definition) is 0. The van der Waals surface area contributed by atoms with Crippen molar-refractivity contribution in [3.05, 3.63) is 77.9 Å². The van der Waals surface area contributed by atoms with E-state index in [1.54, 1.807) is 24.3 Å². The Morgan fingerprint density at radius 1 is 0.692 bits per heavy atom. The first-order chi connectivity index (χ1) is 12.7. The Morgan fingerprint density at radius 3 is 2.12 bits per heavy atom. The van der Waals surface area contributed by atoms with Crippen LogP contribution < -0.4 is 0 Å². The van der Waals surface area contributed by atoms with Gasteiger partial charge in [0, 0.05) is 10.8 Å². The zero-order valence-electron chi connectivity index (χ0n) is 14.4. The lowest BCUT2D eigenvalue weighted by molar-refractivity contribution is 0.590. The summed E-state index contributed by atoms with van der Waals surface area (Å²) in [7, 11) is -3.66. The lowest BCUT2D eigenvalue weighted by Crippen LogP contribution is -2.13. The van der Waals surface area contributed by atoms with Gasteiger partial charge in [0.05, 0.1) is 15.9 Å². The van der Waals surface area contributed by atoms with Crippen molar-refractivity contribution in [3.63, 3.8) is 0 Å². The van der Waals surface area contributed by atoms with E-state index in [1.807, 2.05) is 30.3 Å². The van der Waals surface area contributed by atoms with Gasteiger partial charge >= 0.3 is 0 Å². The highest BCUT2D eigenvalue weighted by Crippen LogP contribution is 2.36. The van der Waals surface area contributed by atoms with Crippen LogP contribution in [-0.4, -0.2) is 12.4 Å². The highest BCUT2D eigenvalue weighted by Gasteiger charge is 2.24. The second-order valence-corrected chi connectivity index (χ2v) is 8.73. The van der Waals surface area contributed by atoms with Crippen molar-refractivity contribution < 1.29 is 8.42 Å². The second-order valence-electron chi connectivity index (χ2n) is 6.94. The summed E-state index contributed by atoms with van der Waals surface area (Å²) in [5.41, 5.74) is 4.18. The molecule has 3 aromatic carbocycles. The van der Waals surface area contributed by atoms with Gasteiger partial charge in [0.25, 0.3) is 10.0 Å². The Hall–Kier alpha value is -2.59. The minimum Gasteiger partial charge on any atom is -0.233 e. The number of aryl methyl sites for hydroxylation is 2. The maximum absolute atomic E-state index is 13.5. The number of para-hydroxylation sites is 1. The Kier molecular flexibility index (Phi) is 3.44. The fraction of sp³-hybridized carbons (Fsp3) is 0.182. The molecule has 0 radical (unpaired) electrons. The van der Waals surface area contributed by atoms with Crippen molar-refractivity contribution in [2.24, 2.45) is 0 Å². The number of nitrogens with zero attached hydrogens (tertiary/aromatic N) is 1. The van der Waals surface area contributed by atoms with Crippen LogP contribution in [0.3, 0.4) is 0 Å². The molecule has 26 heavy (non-hydrogen) atoms. The predicted molar refractivity (Wildman–Crippen MR) is 105 cm³/mol. The molecule has 0 saturated heterocycles. The van der Waals surface area contributed by atoms with E-state index in [0.29, 0.717) is 4.90 Å². The van der Waals surface area contributed by atoms with Crippen LogP contribution in [-0.2, 0) is 22.9 Å². The molecule has 0 N–H and O–H groups in total. The minimum absolute atomic E-state index is 0.320. The fourth-order valence-electron chi connectivity index (χ4n) is 4.12. The quantitative estimate of drug-likeness (QED) is 0.509. The van der Waals surface area contributed by atoms with E-state index in [9.17, 15) is 8.42 Å². The van der Waals surface area contributed by atoms with Crippen LogP contribution in [0.15, 0.2) is 71.6 Å². The third-order valence-corrected chi connectivity index (χ3v) is 7.12. The normalized spacial score (nSPS) is 14.6. The van der Waals surface area contributed by atoms with Crippen LogP contribution in [0.2, 0.25) is 0 Å². The smallest absolute Gasteiger partial charge is 0.233 e. The maximum atomic E-state index is 13.5. The third-order valence-electron chi connectivity index (χ3n) is 5.37. The summed E-state index contributed by atoms with van der Waals surface area (Å²) >= 11 is 0. The number of aromatic nitrogens is 1. The van der Waals surface area contributed by atoms with E-state index in [2.05, 4.69) is 12.1 Å². The highest BCUT2D eigenvalue weighted by molar-refractivity contribution is 7.90. The molecule has 1 heterocycles. The summed E-state index contributed by atoms with van der Waals surface area (Å²) in [6.45, 7) is 0. The van der Waals surface area contributed by atoms with Crippen LogP contribution in [0.1, 0.15) is 24.0 Å². The lowest BCUT2D eigenvalue weighted by Gasteiger charge is -2.16. The van der Waals surface area contributed by atoms with Crippen LogP contribution in [0.25, 0.3) is 21.8 Å². The molecular weight excluding hydrogens is 342 g/mol. The van der Waals surface area contributed by atoms with Crippen molar-refractivity contribution in [2.75, 3.05) is 0 Å². The molecule has 0 saturated carbocycles. The third kappa shape index (κ3) is 2.22. The van der Waals surface area contributed by atoms with Crippen LogP contribution in [0.4, 0.5) is 0 Å². The molecule has 4 aromatic rings. The minimum atomic E-state index is -3.66. The fourth-order valence-corrected chi connectivity index (χ4v) is 5.66. The van der Waals surface area contributed by atoms with Gasteiger partial charge in [0.1, 0.15) is 0 Å². The maximum Gasteiger partial charge on any atom is 0.268 e. The van der Waals surface area contributed by atoms with Crippen molar-refractivity contribution >= 4 is 31.8 Å². The van der Waals surface area contributed by atoms with E-state index in [1.165, 1.54) is 27.9 Å². The zero-order valence-corrected chi connectivity index (χ0v) is 15.2. The highest BCUT2D eigenvalue weighted by atomic mass is 32.2. The molecule has 4 heteroatoms. The topological polar surface area (TPSA) is 39.1 Å². The van der Waals surface area contributed by atoms with Gasteiger partial charge in [-0.1, -0.05) is 36.4 Å². The van der Waals surface area contributed by atoms with Crippen molar-refractivity contribution in [1.29, 1.82) is 0 Å². The number of hydrogen-bond acceptors (Lipinski definition) is 2. The summed E-state index contributed by atoms with van der Waals surface area (Å²) in [5.74, 6) is 0. The summed E-state index contributed by atoms with van der Waals surface area (Å²) in [6.07, 6.45) is 4.48. The molecule has 0 atom stereocenters. The lowest BCUT2D eigenvalue weighted by atomic mass is 9.90. The molecule has 1 aromatic heterocycles. The van der Waals surface area contributed by atoms with E-state index < -0.39 is 10.0 Å². The number of fused-ring (bicyclic) bond motifs is 4. The second kappa shape index (κ2) is 5.71. The van der Waals surface area contributed by atoms with E-state index >= 15 is 0 Å². The Labute approximate surface area is 152 Å². The molecule has 130 valence electrons.